The molecule has 0 unspecified atom stereocenters. The van der Waals surface area contributed by atoms with Crippen LogP contribution in [0.15, 0.2) is 73.2 Å². The second-order valence-corrected chi connectivity index (χ2v) is 12.4. The second-order valence-electron chi connectivity index (χ2n) is 12.4. The van der Waals surface area contributed by atoms with Gasteiger partial charge in [0, 0.05) is 43.4 Å². The fraction of sp³-hybridized carbons (Fsp3) is 0.378. The number of carbonyl (C=O) groups is 1. The molecule has 8 nitrogen and oxygen atoms in total. The van der Waals surface area contributed by atoms with Crippen LogP contribution in [-0.2, 0) is 24.2 Å². The molecule has 8 heteroatoms. The van der Waals surface area contributed by atoms with E-state index in [0.717, 1.165) is 83.0 Å². The monoisotopic (exact) mass is 607 g/mol. The third kappa shape index (κ3) is 7.63. The number of ether oxygens (including phenoxy) is 2. The summed E-state index contributed by atoms with van der Waals surface area (Å²) in [5, 5.41) is 0. The lowest BCUT2D eigenvalue weighted by atomic mass is 10.0. The van der Waals surface area contributed by atoms with Crippen molar-refractivity contribution >= 4 is 17.2 Å². The van der Waals surface area contributed by atoms with Gasteiger partial charge in [0.25, 0.3) is 0 Å². The van der Waals surface area contributed by atoms with Gasteiger partial charge >= 0.3 is 6.16 Å². The lowest BCUT2D eigenvalue weighted by Crippen LogP contribution is -2.26. The van der Waals surface area contributed by atoms with E-state index in [-0.39, 0.29) is 0 Å². The highest BCUT2D eigenvalue weighted by atomic mass is 16.7. The summed E-state index contributed by atoms with van der Waals surface area (Å²) < 4.78 is 15.4. The maximum Gasteiger partial charge on any atom is 0.514 e. The minimum Gasteiger partial charge on any atom is -0.428 e. The fourth-order valence-electron chi connectivity index (χ4n) is 5.59. The van der Waals surface area contributed by atoms with E-state index in [0.29, 0.717) is 12.3 Å². The molecule has 0 N–H and O–H groups in total. The number of rotatable bonds is 11. The third-order valence-electron chi connectivity index (χ3n) is 8.01. The van der Waals surface area contributed by atoms with Gasteiger partial charge in [0.1, 0.15) is 17.2 Å². The maximum atomic E-state index is 12.4. The highest BCUT2D eigenvalue weighted by Crippen LogP contribution is 2.32. The Morgan fingerprint density at radius 3 is 2.38 bits per heavy atom. The Morgan fingerprint density at radius 1 is 0.956 bits per heavy atom. The third-order valence-corrected chi connectivity index (χ3v) is 8.01. The molecule has 0 bridgehead atoms. The van der Waals surface area contributed by atoms with Crippen LogP contribution in [0.5, 0.6) is 5.75 Å². The second kappa shape index (κ2) is 13.7. The molecule has 0 aliphatic rings. The first-order valence-electron chi connectivity index (χ1n) is 15.9. The topological polar surface area (TPSA) is 74.4 Å². The Morgan fingerprint density at radius 2 is 1.69 bits per heavy atom. The Balaban J connectivity index is 1.39. The number of aromatic nitrogens is 4. The zero-order valence-electron chi connectivity index (χ0n) is 27.6. The summed E-state index contributed by atoms with van der Waals surface area (Å²) in [5.74, 6) is 1.52. The van der Waals surface area contributed by atoms with E-state index < -0.39 is 11.8 Å². The number of imidazole rings is 2. The van der Waals surface area contributed by atoms with Gasteiger partial charge in [-0.05, 0) is 75.7 Å². The standard InChI is InChI=1S/C37H45N5O3/c1-8-34-39-35-26(4)21-29(31-24-41(25-38-31)20-19-40(9-2)10-3)22-32(35)42(34)23-27-15-17-28(18-16-27)30-13-11-12-14-33(30)44-36(43)45-37(5,6)7/h11-18,21-22,24-25H,8-10,19-20,23H2,1-7H3. The molecule has 2 aromatic heterocycles. The lowest BCUT2D eigenvalue weighted by molar-refractivity contribution is 0.0207. The molecule has 0 amide bonds. The van der Waals surface area contributed by atoms with Crippen molar-refractivity contribution in [2.45, 2.75) is 73.6 Å². The molecule has 0 spiro atoms. The molecule has 0 saturated carbocycles. The summed E-state index contributed by atoms with van der Waals surface area (Å²) in [4.78, 5) is 24.6. The Bertz CT molecular complexity index is 1760. The van der Waals surface area contributed by atoms with Crippen LogP contribution in [0, 0.1) is 6.92 Å². The van der Waals surface area contributed by atoms with Crippen LogP contribution in [0.3, 0.4) is 0 Å². The van der Waals surface area contributed by atoms with Gasteiger partial charge in [0.2, 0.25) is 0 Å². The number of nitrogens with zero attached hydrogens (tertiary/aromatic N) is 5. The van der Waals surface area contributed by atoms with Crippen LogP contribution in [0.2, 0.25) is 0 Å². The number of hydrogen-bond acceptors (Lipinski definition) is 6. The summed E-state index contributed by atoms with van der Waals surface area (Å²) in [6.45, 7) is 18.9. The zero-order valence-corrected chi connectivity index (χ0v) is 27.6. The number of carbonyl (C=O) groups excluding carboxylic acids is 1. The van der Waals surface area contributed by atoms with Crippen molar-refractivity contribution < 1.29 is 14.3 Å². The molecule has 45 heavy (non-hydrogen) atoms. The molecule has 5 rings (SSSR count). The van der Waals surface area contributed by atoms with Gasteiger partial charge in [-0.25, -0.2) is 14.8 Å². The largest absolute Gasteiger partial charge is 0.514 e. The first kappa shape index (κ1) is 32.0. The number of benzene rings is 3. The fourth-order valence-corrected chi connectivity index (χ4v) is 5.59. The van der Waals surface area contributed by atoms with E-state index in [1.807, 2.05) is 45.3 Å². The summed E-state index contributed by atoms with van der Waals surface area (Å²) in [5.41, 5.74) is 7.67. The van der Waals surface area contributed by atoms with Crippen molar-refractivity contribution in [3.63, 3.8) is 0 Å². The van der Waals surface area contributed by atoms with E-state index in [2.05, 4.69) is 84.3 Å². The average Bonchev–Trinajstić information content (AvgIpc) is 3.63. The molecule has 0 saturated heterocycles. The lowest BCUT2D eigenvalue weighted by Gasteiger charge is -2.19. The van der Waals surface area contributed by atoms with Crippen molar-refractivity contribution in [3.05, 3.63) is 90.1 Å². The normalized spacial score (nSPS) is 11.8. The van der Waals surface area contributed by atoms with E-state index in [1.165, 1.54) is 0 Å². The van der Waals surface area contributed by atoms with E-state index in [4.69, 9.17) is 19.4 Å². The number of fused-ring (bicyclic) bond motifs is 1. The van der Waals surface area contributed by atoms with Crippen molar-refractivity contribution in [1.29, 1.82) is 0 Å². The summed E-state index contributed by atoms with van der Waals surface area (Å²) in [6, 6.07) is 20.3. The summed E-state index contributed by atoms with van der Waals surface area (Å²) in [7, 11) is 0. The molecular formula is C37H45N5O3. The first-order valence-corrected chi connectivity index (χ1v) is 15.9. The van der Waals surface area contributed by atoms with E-state index in [1.54, 1.807) is 6.07 Å². The van der Waals surface area contributed by atoms with Gasteiger partial charge in [-0.3, -0.25) is 0 Å². The quantitative estimate of drug-likeness (QED) is 0.111. The van der Waals surface area contributed by atoms with Crippen molar-refractivity contribution in [2.24, 2.45) is 0 Å². The van der Waals surface area contributed by atoms with Gasteiger partial charge in [0.15, 0.2) is 0 Å². The van der Waals surface area contributed by atoms with Crippen LogP contribution < -0.4 is 4.74 Å². The molecule has 0 radical (unpaired) electrons. The van der Waals surface area contributed by atoms with E-state index >= 15 is 0 Å². The van der Waals surface area contributed by atoms with Crippen LogP contribution in [-0.4, -0.2) is 55.4 Å². The van der Waals surface area contributed by atoms with Crippen molar-refractivity contribution in [3.8, 4) is 28.1 Å². The smallest absolute Gasteiger partial charge is 0.428 e. The molecule has 236 valence electrons. The Kier molecular flexibility index (Phi) is 9.73. The summed E-state index contributed by atoms with van der Waals surface area (Å²) >= 11 is 0. The molecule has 0 aliphatic heterocycles. The van der Waals surface area contributed by atoms with Gasteiger partial charge < -0.3 is 23.5 Å². The number of para-hydroxylation sites is 1. The van der Waals surface area contributed by atoms with Gasteiger partial charge in [-0.1, -0.05) is 63.2 Å². The highest BCUT2D eigenvalue weighted by Gasteiger charge is 2.20. The average molecular weight is 608 g/mol. The Hall–Kier alpha value is -4.43. The number of aryl methyl sites for hydroxylation is 2. The van der Waals surface area contributed by atoms with Crippen LogP contribution in [0.25, 0.3) is 33.4 Å². The number of likely N-dealkylation sites (N-methyl/N-ethyl adjacent to an activating group) is 1. The molecule has 5 aromatic rings. The number of hydrogen-bond donors (Lipinski definition) is 0. The van der Waals surface area contributed by atoms with Gasteiger partial charge in [-0.15, -0.1) is 0 Å². The molecular weight excluding hydrogens is 562 g/mol. The van der Waals surface area contributed by atoms with Crippen LogP contribution >= 0.6 is 0 Å². The molecule has 2 heterocycles. The van der Waals surface area contributed by atoms with Crippen molar-refractivity contribution in [2.75, 3.05) is 19.6 Å². The molecule has 3 aromatic carbocycles. The maximum absolute atomic E-state index is 12.4. The highest BCUT2D eigenvalue weighted by molar-refractivity contribution is 5.85. The summed E-state index contributed by atoms with van der Waals surface area (Å²) in [6.07, 6.45) is 4.20. The zero-order chi connectivity index (χ0) is 32.1. The van der Waals surface area contributed by atoms with Crippen LogP contribution in [0.4, 0.5) is 4.79 Å². The predicted octanol–water partition coefficient (Wildman–Crippen LogP) is 8.14. The minimum absolute atomic E-state index is 0.465. The first-order chi connectivity index (χ1) is 21.6. The molecule has 0 fully saturated rings. The van der Waals surface area contributed by atoms with Crippen LogP contribution in [0.1, 0.15) is 58.5 Å². The Labute approximate surface area is 266 Å². The predicted molar refractivity (Wildman–Crippen MR) is 181 cm³/mol. The van der Waals surface area contributed by atoms with Crippen molar-refractivity contribution in [1.82, 2.24) is 24.0 Å². The SMILES string of the molecule is CCc1nc2c(C)cc(-c3cn(CCN(CC)CC)cn3)cc2n1Cc1ccc(-c2ccccc2OC(=O)OC(C)(C)C)cc1. The molecule has 0 aliphatic carbocycles. The van der Waals surface area contributed by atoms with Gasteiger partial charge in [-0.2, -0.15) is 0 Å². The minimum atomic E-state index is -0.716. The molecule has 0 atom stereocenters. The van der Waals surface area contributed by atoms with Gasteiger partial charge in [0.05, 0.1) is 23.1 Å². The van der Waals surface area contributed by atoms with E-state index in [9.17, 15) is 4.79 Å².